The van der Waals surface area contributed by atoms with E-state index in [1.165, 1.54) is 0 Å². The van der Waals surface area contributed by atoms with E-state index in [0.29, 0.717) is 6.42 Å². The molecular formula is C8H16O3. The third kappa shape index (κ3) is 1.92. The average Bonchev–Trinajstić information content (AvgIpc) is 1.96. The number of aliphatic hydroxyl groups is 1. The first-order valence-corrected chi connectivity index (χ1v) is 4.01. The van der Waals surface area contributed by atoms with Gasteiger partial charge in [-0.25, -0.2) is 0 Å². The Morgan fingerprint density at radius 3 is 2.64 bits per heavy atom. The van der Waals surface area contributed by atoms with E-state index in [-0.39, 0.29) is 24.4 Å². The number of hydrogen-bond acceptors (Lipinski definition) is 3. The van der Waals surface area contributed by atoms with Gasteiger partial charge in [-0.1, -0.05) is 6.92 Å². The summed E-state index contributed by atoms with van der Waals surface area (Å²) in [7, 11) is 1.60. The number of aliphatic hydroxyl groups excluding tert-OH is 1. The van der Waals surface area contributed by atoms with Gasteiger partial charge in [0.15, 0.2) is 6.29 Å². The Kier molecular flexibility index (Phi) is 2.87. The van der Waals surface area contributed by atoms with Crippen LogP contribution in [0.2, 0.25) is 0 Å². The molecule has 66 valence electrons. The SMILES string of the molecule is CO[C@@H]1O[C@H](C)C[C@H](O)[C@H]1C. The van der Waals surface area contributed by atoms with Crippen LogP contribution in [-0.4, -0.2) is 30.7 Å². The molecule has 11 heavy (non-hydrogen) atoms. The highest BCUT2D eigenvalue weighted by atomic mass is 16.7. The summed E-state index contributed by atoms with van der Waals surface area (Å²) in [5.41, 5.74) is 0. The lowest BCUT2D eigenvalue weighted by Crippen LogP contribution is -2.42. The molecule has 1 saturated heterocycles. The molecule has 0 aromatic heterocycles. The number of hydrogen-bond donors (Lipinski definition) is 1. The lowest BCUT2D eigenvalue weighted by Gasteiger charge is -2.35. The predicted molar refractivity (Wildman–Crippen MR) is 41.1 cm³/mol. The maximum Gasteiger partial charge on any atom is 0.162 e. The first kappa shape index (κ1) is 8.97. The van der Waals surface area contributed by atoms with Crippen molar-refractivity contribution in [1.29, 1.82) is 0 Å². The van der Waals surface area contributed by atoms with Crippen LogP contribution in [0.5, 0.6) is 0 Å². The molecule has 0 amide bonds. The molecule has 0 aromatic carbocycles. The molecule has 1 fully saturated rings. The lowest BCUT2D eigenvalue weighted by molar-refractivity contribution is -0.228. The Morgan fingerprint density at radius 2 is 2.09 bits per heavy atom. The van der Waals surface area contributed by atoms with Crippen LogP contribution >= 0.6 is 0 Å². The molecule has 1 aliphatic rings. The molecule has 4 atom stereocenters. The fourth-order valence-corrected chi connectivity index (χ4v) is 1.41. The Morgan fingerprint density at radius 1 is 1.45 bits per heavy atom. The minimum absolute atomic E-state index is 0.0798. The van der Waals surface area contributed by atoms with Gasteiger partial charge >= 0.3 is 0 Å². The maximum atomic E-state index is 9.49. The van der Waals surface area contributed by atoms with Crippen LogP contribution in [0.25, 0.3) is 0 Å². The van der Waals surface area contributed by atoms with Crippen LogP contribution in [0.3, 0.4) is 0 Å². The Hall–Kier alpha value is -0.120. The minimum atomic E-state index is -0.288. The summed E-state index contributed by atoms with van der Waals surface area (Å²) in [5.74, 6) is 0.0798. The second-order valence-corrected chi connectivity index (χ2v) is 3.21. The Bertz CT molecular complexity index is 127. The highest BCUT2D eigenvalue weighted by molar-refractivity contribution is 4.76. The first-order chi connectivity index (χ1) is 5.15. The third-order valence-electron chi connectivity index (χ3n) is 2.21. The highest BCUT2D eigenvalue weighted by Crippen LogP contribution is 2.25. The first-order valence-electron chi connectivity index (χ1n) is 4.01. The van der Waals surface area contributed by atoms with E-state index >= 15 is 0 Å². The van der Waals surface area contributed by atoms with E-state index in [0.717, 1.165) is 0 Å². The molecular weight excluding hydrogens is 144 g/mol. The van der Waals surface area contributed by atoms with Crippen molar-refractivity contribution < 1.29 is 14.6 Å². The smallest absolute Gasteiger partial charge is 0.162 e. The Balaban J connectivity index is 2.51. The van der Waals surface area contributed by atoms with Crippen molar-refractivity contribution in [1.82, 2.24) is 0 Å². The molecule has 0 aromatic rings. The normalized spacial score (nSPS) is 45.8. The van der Waals surface area contributed by atoms with E-state index in [4.69, 9.17) is 9.47 Å². The van der Waals surface area contributed by atoms with Gasteiger partial charge in [-0.15, -0.1) is 0 Å². The van der Waals surface area contributed by atoms with Crippen molar-refractivity contribution in [2.45, 2.75) is 38.8 Å². The van der Waals surface area contributed by atoms with Crippen molar-refractivity contribution in [3.63, 3.8) is 0 Å². The van der Waals surface area contributed by atoms with Crippen LogP contribution in [-0.2, 0) is 9.47 Å². The van der Waals surface area contributed by atoms with Gasteiger partial charge in [0, 0.05) is 13.0 Å². The van der Waals surface area contributed by atoms with Crippen molar-refractivity contribution >= 4 is 0 Å². The molecule has 3 heteroatoms. The zero-order chi connectivity index (χ0) is 8.43. The van der Waals surface area contributed by atoms with E-state index in [1.807, 2.05) is 13.8 Å². The fourth-order valence-electron chi connectivity index (χ4n) is 1.41. The van der Waals surface area contributed by atoms with Crippen LogP contribution in [0.1, 0.15) is 20.3 Å². The van der Waals surface area contributed by atoms with Crippen molar-refractivity contribution in [2.24, 2.45) is 5.92 Å². The summed E-state index contributed by atoms with van der Waals surface area (Å²) in [6.07, 6.45) is 0.282. The van der Waals surface area contributed by atoms with Crippen LogP contribution in [0, 0.1) is 5.92 Å². The predicted octanol–water partition coefficient (Wildman–Crippen LogP) is 0.765. The summed E-state index contributed by atoms with van der Waals surface area (Å²) in [6.45, 7) is 3.88. The summed E-state index contributed by atoms with van der Waals surface area (Å²) in [6, 6.07) is 0. The van der Waals surface area contributed by atoms with E-state index < -0.39 is 0 Å². The van der Waals surface area contributed by atoms with Gasteiger partial charge in [0.1, 0.15) is 0 Å². The van der Waals surface area contributed by atoms with Crippen molar-refractivity contribution in [3.8, 4) is 0 Å². The van der Waals surface area contributed by atoms with Gasteiger partial charge in [-0.3, -0.25) is 0 Å². The molecule has 0 saturated carbocycles. The van der Waals surface area contributed by atoms with Crippen molar-refractivity contribution in [3.05, 3.63) is 0 Å². The molecule has 0 spiro atoms. The summed E-state index contributed by atoms with van der Waals surface area (Å²) < 4.78 is 10.5. The van der Waals surface area contributed by atoms with E-state index in [2.05, 4.69) is 0 Å². The third-order valence-corrected chi connectivity index (χ3v) is 2.21. The fraction of sp³-hybridized carbons (Fsp3) is 1.00. The van der Waals surface area contributed by atoms with Gasteiger partial charge < -0.3 is 14.6 Å². The van der Waals surface area contributed by atoms with Crippen molar-refractivity contribution in [2.75, 3.05) is 7.11 Å². The standard InChI is InChI=1S/C8H16O3/c1-5-4-7(9)6(2)8(10-3)11-5/h5-9H,4H2,1-3H3/t5-,6-,7+,8-/m1/s1. The second-order valence-electron chi connectivity index (χ2n) is 3.21. The molecule has 0 bridgehead atoms. The molecule has 1 N–H and O–H groups in total. The van der Waals surface area contributed by atoms with E-state index in [1.54, 1.807) is 7.11 Å². The van der Waals surface area contributed by atoms with Gasteiger partial charge in [0.25, 0.3) is 0 Å². The summed E-state index contributed by atoms with van der Waals surface area (Å²) in [4.78, 5) is 0. The van der Waals surface area contributed by atoms with Gasteiger partial charge in [-0.05, 0) is 13.3 Å². The summed E-state index contributed by atoms with van der Waals surface area (Å²) >= 11 is 0. The molecule has 1 heterocycles. The van der Waals surface area contributed by atoms with Crippen LogP contribution < -0.4 is 0 Å². The van der Waals surface area contributed by atoms with Gasteiger partial charge in [-0.2, -0.15) is 0 Å². The maximum absolute atomic E-state index is 9.49. The van der Waals surface area contributed by atoms with Crippen LogP contribution in [0.4, 0.5) is 0 Å². The zero-order valence-electron chi connectivity index (χ0n) is 7.28. The highest BCUT2D eigenvalue weighted by Gasteiger charge is 2.32. The molecule has 0 aliphatic carbocycles. The Labute approximate surface area is 67.3 Å². The average molecular weight is 160 g/mol. The largest absolute Gasteiger partial charge is 0.393 e. The topological polar surface area (TPSA) is 38.7 Å². The van der Waals surface area contributed by atoms with E-state index in [9.17, 15) is 5.11 Å². The molecule has 1 rings (SSSR count). The van der Waals surface area contributed by atoms with Crippen LogP contribution in [0.15, 0.2) is 0 Å². The molecule has 1 aliphatic heterocycles. The minimum Gasteiger partial charge on any atom is -0.393 e. The number of rotatable bonds is 1. The molecule has 0 radical (unpaired) electrons. The summed E-state index contributed by atoms with van der Waals surface area (Å²) in [5, 5.41) is 9.49. The quantitative estimate of drug-likeness (QED) is 0.615. The number of ether oxygens (including phenoxy) is 2. The zero-order valence-corrected chi connectivity index (χ0v) is 7.28. The van der Waals surface area contributed by atoms with Gasteiger partial charge in [0.2, 0.25) is 0 Å². The molecule has 3 nitrogen and oxygen atoms in total. The monoisotopic (exact) mass is 160 g/mol. The second kappa shape index (κ2) is 3.52. The van der Waals surface area contributed by atoms with Gasteiger partial charge in [0.05, 0.1) is 12.2 Å². The number of methoxy groups -OCH3 is 1. The lowest BCUT2D eigenvalue weighted by atomic mass is 9.96. The molecule has 0 unspecified atom stereocenters.